The Bertz CT molecular complexity index is 1070. The van der Waals surface area contributed by atoms with Crippen molar-refractivity contribution in [2.24, 2.45) is 17.0 Å². The summed E-state index contributed by atoms with van der Waals surface area (Å²) in [6.07, 6.45) is 4.12. The smallest absolute Gasteiger partial charge is 0.178 e. The van der Waals surface area contributed by atoms with E-state index in [0.29, 0.717) is 29.4 Å². The lowest BCUT2D eigenvalue weighted by molar-refractivity contribution is 0.280. The molecule has 31 heavy (non-hydrogen) atoms. The van der Waals surface area contributed by atoms with Crippen LogP contribution in [0.1, 0.15) is 36.1 Å². The number of ether oxygens (including phenoxy) is 2. The lowest BCUT2D eigenvalue weighted by Gasteiger charge is -2.19. The summed E-state index contributed by atoms with van der Waals surface area (Å²) in [5.41, 5.74) is 3.93. The number of hydrogen-bond donors (Lipinski definition) is 1. The summed E-state index contributed by atoms with van der Waals surface area (Å²) in [7, 11) is 5.07. The molecule has 0 fully saturated rings. The number of aliphatic hydroxyl groups is 1. The molecule has 0 aliphatic heterocycles. The van der Waals surface area contributed by atoms with Gasteiger partial charge in [-0.25, -0.2) is 9.98 Å². The summed E-state index contributed by atoms with van der Waals surface area (Å²) in [6.45, 7) is 5.54. The molecular weight excluding hydrogens is 394 g/mol. The topological polar surface area (TPSA) is 94.1 Å². The Labute approximate surface area is 181 Å². The highest BCUT2D eigenvalue weighted by molar-refractivity contribution is 6.00. The van der Waals surface area contributed by atoms with Crippen molar-refractivity contribution < 1.29 is 14.6 Å². The molecule has 0 aliphatic rings. The fourth-order valence-corrected chi connectivity index (χ4v) is 3.33. The van der Waals surface area contributed by atoms with E-state index in [1.54, 1.807) is 25.1 Å². The summed E-state index contributed by atoms with van der Waals surface area (Å²) >= 11 is 0. The van der Waals surface area contributed by atoms with Gasteiger partial charge in [-0.1, -0.05) is 0 Å². The van der Waals surface area contributed by atoms with Crippen molar-refractivity contribution in [2.75, 3.05) is 20.8 Å². The maximum atomic E-state index is 9.72. The lowest BCUT2D eigenvalue weighted by atomic mass is 9.91. The second kappa shape index (κ2) is 9.99. The van der Waals surface area contributed by atoms with Gasteiger partial charge in [-0.05, 0) is 49.9 Å². The van der Waals surface area contributed by atoms with Gasteiger partial charge >= 0.3 is 0 Å². The van der Waals surface area contributed by atoms with E-state index in [0.717, 1.165) is 22.5 Å². The molecule has 1 aromatic carbocycles. The first-order valence-corrected chi connectivity index (χ1v) is 9.84. The van der Waals surface area contributed by atoms with Gasteiger partial charge in [0.2, 0.25) is 0 Å². The highest BCUT2D eigenvalue weighted by Crippen LogP contribution is 2.35. The molecule has 0 saturated heterocycles. The number of aliphatic imine (C=N–C) groups is 2. The fourth-order valence-electron chi connectivity index (χ4n) is 3.33. The van der Waals surface area contributed by atoms with Gasteiger partial charge in [-0.2, -0.15) is 5.10 Å². The van der Waals surface area contributed by atoms with Crippen molar-refractivity contribution >= 4 is 23.9 Å². The van der Waals surface area contributed by atoms with Gasteiger partial charge in [-0.15, -0.1) is 0 Å². The van der Waals surface area contributed by atoms with Crippen molar-refractivity contribution in [3.8, 4) is 11.5 Å². The molecule has 0 amide bonds. The Kier molecular flexibility index (Phi) is 7.15. The SMILES string of the molecule is C=Nc1ccc(C(CCO)c2cc(OC)cc(OC)c2)nc1/N=C(\C)c1cnn(C)c1. The Morgan fingerprint density at radius 3 is 2.45 bits per heavy atom. The van der Waals surface area contributed by atoms with Crippen LogP contribution in [0.3, 0.4) is 0 Å². The van der Waals surface area contributed by atoms with Crippen molar-refractivity contribution in [1.29, 1.82) is 0 Å². The molecule has 162 valence electrons. The minimum atomic E-state index is -0.180. The van der Waals surface area contributed by atoms with E-state index in [1.165, 1.54) is 0 Å². The number of benzene rings is 1. The molecule has 2 heterocycles. The third kappa shape index (κ3) is 5.16. The number of methoxy groups -OCH3 is 2. The minimum Gasteiger partial charge on any atom is -0.497 e. The van der Waals surface area contributed by atoms with Crippen LogP contribution in [-0.2, 0) is 7.05 Å². The number of nitrogens with zero attached hydrogens (tertiary/aromatic N) is 5. The number of aromatic nitrogens is 3. The molecule has 1 atom stereocenters. The summed E-state index contributed by atoms with van der Waals surface area (Å²) < 4.78 is 12.5. The van der Waals surface area contributed by atoms with Crippen LogP contribution in [-0.4, -0.2) is 53.1 Å². The zero-order chi connectivity index (χ0) is 22.4. The Balaban J connectivity index is 2.07. The normalized spacial score (nSPS) is 12.5. The van der Waals surface area contributed by atoms with Crippen molar-refractivity contribution in [3.05, 3.63) is 59.5 Å². The quantitative estimate of drug-likeness (QED) is 0.530. The summed E-state index contributed by atoms with van der Waals surface area (Å²) in [6, 6.07) is 9.38. The van der Waals surface area contributed by atoms with E-state index < -0.39 is 0 Å². The third-order valence-corrected chi connectivity index (χ3v) is 4.99. The van der Waals surface area contributed by atoms with Gasteiger partial charge < -0.3 is 14.6 Å². The largest absolute Gasteiger partial charge is 0.497 e. The first-order chi connectivity index (χ1) is 15.0. The first kappa shape index (κ1) is 22.2. The molecule has 1 N–H and O–H groups in total. The monoisotopic (exact) mass is 421 g/mol. The molecular formula is C23H27N5O3. The Morgan fingerprint density at radius 1 is 1.19 bits per heavy atom. The fraction of sp³-hybridized carbons (Fsp3) is 0.304. The van der Waals surface area contributed by atoms with E-state index in [2.05, 4.69) is 21.8 Å². The van der Waals surface area contributed by atoms with Crippen molar-refractivity contribution in [2.45, 2.75) is 19.3 Å². The third-order valence-electron chi connectivity index (χ3n) is 4.99. The van der Waals surface area contributed by atoms with Crippen LogP contribution in [0.25, 0.3) is 0 Å². The standard InChI is InChI=1S/C23H27N5O3/c1-15(17-13-25-28(3)14-17)26-23-22(24-2)7-6-21(27-23)20(8-9-29)16-10-18(30-4)12-19(11-16)31-5/h6-7,10-14,20,29H,2,8-9H2,1,3-5H3/b26-15+. The number of aryl methyl sites for hydroxylation is 1. The second-order valence-corrected chi connectivity index (χ2v) is 7.05. The summed E-state index contributed by atoms with van der Waals surface area (Å²) in [5, 5.41) is 13.9. The summed E-state index contributed by atoms with van der Waals surface area (Å²) in [5.74, 6) is 1.63. The van der Waals surface area contributed by atoms with Crippen LogP contribution in [0.2, 0.25) is 0 Å². The molecule has 2 aromatic heterocycles. The van der Waals surface area contributed by atoms with Gasteiger partial charge in [0.1, 0.15) is 17.2 Å². The molecule has 3 aromatic rings. The Morgan fingerprint density at radius 2 is 1.90 bits per heavy atom. The molecule has 8 heteroatoms. The molecule has 0 radical (unpaired) electrons. The van der Waals surface area contributed by atoms with E-state index in [1.807, 2.05) is 50.5 Å². The van der Waals surface area contributed by atoms with E-state index in [-0.39, 0.29) is 12.5 Å². The van der Waals surface area contributed by atoms with Gasteiger partial charge in [0.15, 0.2) is 5.82 Å². The molecule has 8 nitrogen and oxygen atoms in total. The van der Waals surface area contributed by atoms with Gasteiger partial charge in [0, 0.05) is 37.4 Å². The molecule has 1 unspecified atom stereocenters. The number of pyridine rings is 1. The average Bonchev–Trinajstić information content (AvgIpc) is 3.23. The summed E-state index contributed by atoms with van der Waals surface area (Å²) in [4.78, 5) is 13.5. The zero-order valence-electron chi connectivity index (χ0n) is 18.2. The average molecular weight is 422 g/mol. The Hall–Kier alpha value is -3.52. The molecule has 0 spiro atoms. The number of rotatable bonds is 9. The van der Waals surface area contributed by atoms with Crippen LogP contribution >= 0.6 is 0 Å². The van der Waals surface area contributed by atoms with Crippen molar-refractivity contribution in [3.63, 3.8) is 0 Å². The first-order valence-electron chi connectivity index (χ1n) is 9.84. The van der Waals surface area contributed by atoms with Crippen LogP contribution in [0.4, 0.5) is 11.5 Å². The van der Waals surface area contributed by atoms with Crippen LogP contribution in [0, 0.1) is 0 Å². The van der Waals surface area contributed by atoms with Gasteiger partial charge in [0.05, 0.1) is 31.8 Å². The van der Waals surface area contributed by atoms with Gasteiger partial charge in [-0.3, -0.25) is 9.67 Å². The maximum Gasteiger partial charge on any atom is 0.178 e. The predicted molar refractivity (Wildman–Crippen MR) is 122 cm³/mol. The molecule has 0 bridgehead atoms. The highest BCUT2D eigenvalue weighted by atomic mass is 16.5. The second-order valence-electron chi connectivity index (χ2n) is 7.05. The minimum absolute atomic E-state index is 0.000640. The highest BCUT2D eigenvalue weighted by Gasteiger charge is 2.19. The molecule has 3 rings (SSSR count). The van der Waals surface area contributed by atoms with E-state index >= 15 is 0 Å². The zero-order valence-corrected chi connectivity index (χ0v) is 18.2. The maximum absolute atomic E-state index is 9.72. The van der Waals surface area contributed by atoms with Gasteiger partial charge in [0.25, 0.3) is 0 Å². The predicted octanol–water partition coefficient (Wildman–Crippen LogP) is 3.82. The molecule has 0 aliphatic carbocycles. The van der Waals surface area contributed by atoms with Crippen LogP contribution in [0.15, 0.2) is 52.7 Å². The number of aliphatic hydroxyl groups excluding tert-OH is 1. The van der Waals surface area contributed by atoms with E-state index in [4.69, 9.17) is 14.5 Å². The molecule has 0 saturated carbocycles. The van der Waals surface area contributed by atoms with Crippen molar-refractivity contribution in [1.82, 2.24) is 14.8 Å². The van der Waals surface area contributed by atoms with Crippen LogP contribution < -0.4 is 9.47 Å². The van der Waals surface area contributed by atoms with E-state index in [9.17, 15) is 5.11 Å². The number of hydrogen-bond acceptors (Lipinski definition) is 7. The lowest BCUT2D eigenvalue weighted by Crippen LogP contribution is -2.07. The van der Waals surface area contributed by atoms with Crippen LogP contribution in [0.5, 0.6) is 11.5 Å².